The number of esters is 1. The van der Waals surface area contributed by atoms with E-state index in [1.54, 1.807) is 6.92 Å². The van der Waals surface area contributed by atoms with Crippen LogP contribution >= 0.6 is 0 Å². The predicted octanol–water partition coefficient (Wildman–Crippen LogP) is 12.4. The first kappa shape index (κ1) is 32.1. The zero-order valence-corrected chi connectivity index (χ0v) is 27.9. The molecule has 0 saturated carbocycles. The summed E-state index contributed by atoms with van der Waals surface area (Å²) in [5.74, 6) is 0.302. The van der Waals surface area contributed by atoms with E-state index >= 15 is 0 Å². The van der Waals surface area contributed by atoms with E-state index in [4.69, 9.17) is 4.74 Å². The molecular formula is C47H37NO2. The van der Waals surface area contributed by atoms with Gasteiger partial charge in [-0.3, -0.25) is 4.79 Å². The maximum Gasteiger partial charge on any atom is 0.310 e. The van der Waals surface area contributed by atoms with Crippen molar-refractivity contribution in [3.8, 4) is 28.0 Å². The molecular weight excluding hydrogens is 611 g/mol. The minimum Gasteiger partial charge on any atom is -0.427 e. The van der Waals surface area contributed by atoms with Gasteiger partial charge in [0.25, 0.3) is 0 Å². The van der Waals surface area contributed by atoms with Crippen LogP contribution in [0.25, 0.3) is 33.9 Å². The Hall–Kier alpha value is -6.45. The molecule has 242 valence electrons. The zero-order chi connectivity index (χ0) is 34.1. The monoisotopic (exact) mass is 647 g/mol. The predicted molar refractivity (Wildman–Crippen MR) is 208 cm³/mol. The van der Waals surface area contributed by atoms with Gasteiger partial charge in [0.05, 0.1) is 0 Å². The normalized spacial score (nSPS) is 11.2. The third kappa shape index (κ3) is 7.48. The van der Waals surface area contributed by atoms with Gasteiger partial charge in [-0.05, 0) is 99.1 Å². The van der Waals surface area contributed by atoms with Gasteiger partial charge >= 0.3 is 5.97 Å². The number of hydrogen-bond donors (Lipinski definition) is 0. The third-order valence-corrected chi connectivity index (χ3v) is 8.70. The molecule has 0 aliphatic carbocycles. The van der Waals surface area contributed by atoms with Crippen LogP contribution in [0.15, 0.2) is 188 Å². The molecule has 0 heterocycles. The van der Waals surface area contributed by atoms with Gasteiger partial charge in [0.15, 0.2) is 0 Å². The average Bonchev–Trinajstić information content (AvgIpc) is 3.19. The molecule has 3 nitrogen and oxygen atoms in total. The van der Waals surface area contributed by atoms with Gasteiger partial charge in [0.2, 0.25) is 0 Å². The van der Waals surface area contributed by atoms with E-state index in [2.05, 4.69) is 144 Å². The maximum absolute atomic E-state index is 11.8. The first-order valence-electron chi connectivity index (χ1n) is 16.9. The fourth-order valence-corrected chi connectivity index (χ4v) is 6.06. The van der Waals surface area contributed by atoms with Crippen molar-refractivity contribution in [1.82, 2.24) is 0 Å². The molecule has 0 aliphatic heterocycles. The standard InChI is InChI=1S/C47H37NO2/c1-2-47(49)50-45-32-24-41(25-33-45)46(40-16-10-5-11-17-40)34-35-18-26-42(27-19-35)48(43-28-20-38(21-29-43)36-12-6-3-7-13-36)44-30-22-39(23-31-44)37-14-8-4-9-15-37/h3-34H,2H2,1H3. The van der Waals surface area contributed by atoms with Gasteiger partial charge in [-0.1, -0.05) is 146 Å². The molecule has 0 spiro atoms. The number of hydrogen-bond acceptors (Lipinski definition) is 3. The molecule has 0 radical (unpaired) electrons. The SMILES string of the molecule is CCC(=O)Oc1ccc(C(=Cc2ccc(N(c3ccc(-c4ccccc4)cc3)c3ccc(-c4ccccc4)cc3)cc2)c2ccccc2)cc1. The van der Waals surface area contributed by atoms with Crippen molar-refractivity contribution >= 4 is 34.7 Å². The van der Waals surface area contributed by atoms with E-state index in [9.17, 15) is 4.79 Å². The summed E-state index contributed by atoms with van der Waals surface area (Å²) in [6.07, 6.45) is 2.54. The highest BCUT2D eigenvalue weighted by molar-refractivity contribution is 5.92. The lowest BCUT2D eigenvalue weighted by atomic mass is 9.95. The minimum atomic E-state index is -0.245. The van der Waals surface area contributed by atoms with E-state index < -0.39 is 0 Å². The van der Waals surface area contributed by atoms with E-state index in [0.29, 0.717) is 12.2 Å². The summed E-state index contributed by atoms with van der Waals surface area (Å²) in [4.78, 5) is 14.1. The molecule has 0 N–H and O–H groups in total. The van der Waals surface area contributed by atoms with Gasteiger partial charge < -0.3 is 9.64 Å². The Bertz CT molecular complexity index is 2090. The Morgan fingerprint density at radius 3 is 1.34 bits per heavy atom. The second-order valence-corrected chi connectivity index (χ2v) is 12.0. The number of anilines is 3. The molecule has 0 fully saturated rings. The number of benzene rings is 7. The summed E-state index contributed by atoms with van der Waals surface area (Å²) in [6.45, 7) is 1.79. The summed E-state index contributed by atoms with van der Waals surface area (Å²) in [7, 11) is 0. The second kappa shape index (κ2) is 15.2. The van der Waals surface area contributed by atoms with Gasteiger partial charge in [0.1, 0.15) is 5.75 Å². The lowest BCUT2D eigenvalue weighted by Gasteiger charge is -2.26. The summed E-state index contributed by atoms with van der Waals surface area (Å²) in [6, 6.07) is 65.2. The van der Waals surface area contributed by atoms with Crippen molar-refractivity contribution in [2.45, 2.75) is 13.3 Å². The molecule has 7 aromatic rings. The van der Waals surface area contributed by atoms with E-state index in [1.807, 2.05) is 54.6 Å². The van der Waals surface area contributed by atoms with Crippen LogP contribution in [0.5, 0.6) is 5.75 Å². The second-order valence-electron chi connectivity index (χ2n) is 12.0. The summed E-state index contributed by atoms with van der Waals surface area (Å²) in [5, 5.41) is 0. The number of carbonyl (C=O) groups excluding carboxylic acids is 1. The van der Waals surface area contributed by atoms with Crippen LogP contribution in [0.1, 0.15) is 30.0 Å². The van der Waals surface area contributed by atoms with Crippen LogP contribution in [0.3, 0.4) is 0 Å². The largest absolute Gasteiger partial charge is 0.427 e. The van der Waals surface area contributed by atoms with Gasteiger partial charge in [-0.2, -0.15) is 0 Å². The smallest absolute Gasteiger partial charge is 0.310 e. The Balaban J connectivity index is 1.24. The molecule has 0 amide bonds. The maximum atomic E-state index is 11.8. The molecule has 0 atom stereocenters. The van der Waals surface area contributed by atoms with Crippen molar-refractivity contribution in [2.24, 2.45) is 0 Å². The third-order valence-electron chi connectivity index (χ3n) is 8.70. The van der Waals surface area contributed by atoms with Crippen LogP contribution in [-0.4, -0.2) is 5.97 Å². The Morgan fingerprint density at radius 1 is 0.480 bits per heavy atom. The highest BCUT2D eigenvalue weighted by Gasteiger charge is 2.14. The number of rotatable bonds is 10. The topological polar surface area (TPSA) is 29.5 Å². The molecule has 0 unspecified atom stereocenters. The first-order chi connectivity index (χ1) is 24.6. The molecule has 0 bridgehead atoms. The lowest BCUT2D eigenvalue weighted by molar-refractivity contribution is -0.134. The molecule has 7 aromatic carbocycles. The number of ether oxygens (including phenoxy) is 1. The molecule has 0 aromatic heterocycles. The fraction of sp³-hybridized carbons (Fsp3) is 0.0426. The van der Waals surface area contributed by atoms with Crippen LogP contribution in [0, 0.1) is 0 Å². The first-order valence-corrected chi connectivity index (χ1v) is 16.9. The van der Waals surface area contributed by atoms with Crippen molar-refractivity contribution in [3.63, 3.8) is 0 Å². The van der Waals surface area contributed by atoms with Gasteiger partial charge in [-0.25, -0.2) is 0 Å². The Labute approximate surface area is 294 Å². The Morgan fingerprint density at radius 2 is 0.880 bits per heavy atom. The Kier molecular flexibility index (Phi) is 9.75. The van der Waals surface area contributed by atoms with Crippen molar-refractivity contribution in [3.05, 3.63) is 205 Å². The molecule has 0 aliphatic rings. The van der Waals surface area contributed by atoms with E-state index in [0.717, 1.165) is 39.3 Å². The zero-order valence-electron chi connectivity index (χ0n) is 27.9. The molecule has 7 rings (SSSR count). The van der Waals surface area contributed by atoms with Crippen molar-refractivity contribution in [1.29, 1.82) is 0 Å². The van der Waals surface area contributed by atoms with E-state index in [-0.39, 0.29) is 5.97 Å². The molecule has 3 heteroatoms. The summed E-state index contributed by atoms with van der Waals surface area (Å²) in [5.41, 5.74) is 12.3. The lowest BCUT2D eigenvalue weighted by Crippen LogP contribution is -2.09. The van der Waals surface area contributed by atoms with Crippen molar-refractivity contribution < 1.29 is 9.53 Å². The van der Waals surface area contributed by atoms with Crippen molar-refractivity contribution in [2.75, 3.05) is 4.90 Å². The average molecular weight is 648 g/mol. The highest BCUT2D eigenvalue weighted by atomic mass is 16.5. The summed E-state index contributed by atoms with van der Waals surface area (Å²) >= 11 is 0. The highest BCUT2D eigenvalue weighted by Crippen LogP contribution is 2.37. The van der Waals surface area contributed by atoms with Crippen LogP contribution in [0.4, 0.5) is 17.1 Å². The van der Waals surface area contributed by atoms with Crippen LogP contribution in [0.2, 0.25) is 0 Å². The van der Waals surface area contributed by atoms with Gasteiger partial charge in [-0.15, -0.1) is 0 Å². The quantitative estimate of drug-likeness (QED) is 0.0840. The summed E-state index contributed by atoms with van der Waals surface area (Å²) < 4.78 is 5.43. The minimum absolute atomic E-state index is 0.245. The molecule has 0 saturated heterocycles. The number of nitrogens with zero attached hydrogens (tertiary/aromatic N) is 1. The number of carbonyl (C=O) groups is 1. The van der Waals surface area contributed by atoms with Crippen LogP contribution < -0.4 is 9.64 Å². The van der Waals surface area contributed by atoms with E-state index in [1.165, 1.54) is 22.3 Å². The van der Waals surface area contributed by atoms with Crippen LogP contribution in [-0.2, 0) is 4.79 Å². The van der Waals surface area contributed by atoms with Gasteiger partial charge in [0, 0.05) is 23.5 Å². The molecule has 50 heavy (non-hydrogen) atoms. The fourth-order valence-electron chi connectivity index (χ4n) is 6.06.